The molecular weight excluding hydrogens is 328 g/mol. The Hall–Kier alpha value is -1.86. The summed E-state index contributed by atoms with van der Waals surface area (Å²) >= 11 is 0. The van der Waals surface area contributed by atoms with Crippen molar-refractivity contribution in [2.75, 3.05) is 0 Å². The van der Waals surface area contributed by atoms with Gasteiger partial charge in [0.15, 0.2) is 0 Å². The van der Waals surface area contributed by atoms with Crippen molar-refractivity contribution in [2.24, 2.45) is 5.92 Å². The second-order valence-electron chi connectivity index (χ2n) is 8.94. The van der Waals surface area contributed by atoms with Gasteiger partial charge in [-0.25, -0.2) is 0 Å². The smallest absolute Gasteiger partial charge is 0.0787 e. The van der Waals surface area contributed by atoms with Crippen LogP contribution < -0.4 is 0 Å². The van der Waals surface area contributed by atoms with Gasteiger partial charge in [-0.2, -0.15) is 0 Å². The first kappa shape index (κ1) is 16.3. The second kappa shape index (κ2) is 5.82. The molecule has 132 valence electrons. The van der Waals surface area contributed by atoms with Gasteiger partial charge in [-0.15, -0.1) is 0 Å². The summed E-state index contributed by atoms with van der Waals surface area (Å²) < 4.78 is 0. The minimum atomic E-state index is -1.67. The third-order valence-electron chi connectivity index (χ3n) is 7.05. The molecule has 1 aromatic carbocycles. The minimum Gasteiger partial charge on any atom is -0.0787 e. The van der Waals surface area contributed by atoms with Crippen LogP contribution in [0, 0.1) is 5.92 Å². The van der Waals surface area contributed by atoms with Gasteiger partial charge in [0.05, 0.1) is 8.07 Å². The minimum absolute atomic E-state index is 0.581. The van der Waals surface area contributed by atoms with E-state index in [1.807, 2.05) is 0 Å². The Bertz CT molecular complexity index is 933. The predicted molar refractivity (Wildman–Crippen MR) is 115 cm³/mol. The summed E-state index contributed by atoms with van der Waals surface area (Å²) in [7, 11) is -1.67. The zero-order valence-corrected chi connectivity index (χ0v) is 17.2. The van der Waals surface area contributed by atoms with Gasteiger partial charge in [0.2, 0.25) is 0 Å². The zero-order chi connectivity index (χ0) is 17.9. The monoisotopic (exact) mass is 356 g/mol. The lowest BCUT2D eigenvalue weighted by Gasteiger charge is -2.34. The fraction of sp³-hybridized carbons (Fsp3) is 0.360. The average molecular weight is 357 g/mol. The van der Waals surface area contributed by atoms with E-state index in [0.29, 0.717) is 11.5 Å². The Morgan fingerprint density at radius 3 is 2.65 bits per heavy atom. The summed E-state index contributed by atoms with van der Waals surface area (Å²) in [6, 6.07) is 9.00. The summed E-state index contributed by atoms with van der Waals surface area (Å²) in [5.41, 5.74) is 10.1. The van der Waals surface area contributed by atoms with Gasteiger partial charge in [-0.05, 0) is 54.9 Å². The molecule has 0 heterocycles. The van der Waals surface area contributed by atoms with Crippen LogP contribution in [-0.2, 0) is 0 Å². The molecule has 4 aliphatic rings. The molecule has 1 aromatic rings. The fourth-order valence-electron chi connectivity index (χ4n) is 5.88. The highest BCUT2D eigenvalue weighted by Gasteiger charge is 2.43. The molecule has 0 radical (unpaired) electrons. The predicted octanol–water partition coefficient (Wildman–Crippen LogP) is 6.90. The number of hydrogen-bond donors (Lipinski definition) is 0. The molecular formula is C25H28Si. The standard InChI is InChI=1S/C25H28Si/c1-17-16-23-20-10-6-4-8-18(20)12-14-22(23)25(17)26(2,3)24-15-13-19-9-5-7-11-21(19)24/h5,7,9,11-16,23-24H,4,6,8,10H2,1-3H3. The Balaban J connectivity index is 1.60. The molecule has 0 saturated carbocycles. The molecule has 0 fully saturated rings. The number of rotatable bonds is 2. The molecule has 1 heteroatoms. The van der Waals surface area contributed by atoms with Crippen molar-refractivity contribution in [3.8, 4) is 0 Å². The van der Waals surface area contributed by atoms with Crippen molar-refractivity contribution in [3.05, 3.63) is 87.2 Å². The Morgan fingerprint density at radius 1 is 0.962 bits per heavy atom. The maximum absolute atomic E-state index is 2.59. The van der Waals surface area contributed by atoms with E-state index in [1.165, 1.54) is 31.2 Å². The molecule has 0 bridgehead atoms. The highest BCUT2D eigenvalue weighted by atomic mass is 28.3. The van der Waals surface area contributed by atoms with Crippen LogP contribution in [0.2, 0.25) is 13.1 Å². The van der Waals surface area contributed by atoms with E-state index in [9.17, 15) is 0 Å². The molecule has 26 heavy (non-hydrogen) atoms. The third kappa shape index (κ3) is 2.26. The summed E-state index contributed by atoms with van der Waals surface area (Å²) in [6.45, 7) is 7.55. The van der Waals surface area contributed by atoms with Crippen LogP contribution in [0.25, 0.3) is 6.08 Å². The van der Waals surface area contributed by atoms with Gasteiger partial charge in [0.1, 0.15) is 0 Å². The summed E-state index contributed by atoms with van der Waals surface area (Å²) in [5, 5.41) is 1.72. The van der Waals surface area contributed by atoms with Crippen LogP contribution >= 0.6 is 0 Å². The highest BCUT2D eigenvalue weighted by Crippen LogP contribution is 2.50. The van der Waals surface area contributed by atoms with Gasteiger partial charge in [-0.3, -0.25) is 0 Å². The van der Waals surface area contributed by atoms with Crippen molar-refractivity contribution in [2.45, 2.75) is 51.2 Å². The zero-order valence-electron chi connectivity index (χ0n) is 16.2. The van der Waals surface area contributed by atoms with E-state index >= 15 is 0 Å². The lowest BCUT2D eigenvalue weighted by molar-refractivity contribution is 0.638. The van der Waals surface area contributed by atoms with Gasteiger partial charge < -0.3 is 0 Å². The van der Waals surface area contributed by atoms with Gasteiger partial charge in [0, 0.05) is 11.5 Å². The van der Waals surface area contributed by atoms with Gasteiger partial charge in [0.25, 0.3) is 0 Å². The van der Waals surface area contributed by atoms with Crippen molar-refractivity contribution in [1.82, 2.24) is 0 Å². The lowest BCUT2D eigenvalue weighted by atomic mass is 9.78. The van der Waals surface area contributed by atoms with Crippen LogP contribution in [0.5, 0.6) is 0 Å². The van der Waals surface area contributed by atoms with Crippen LogP contribution in [0.3, 0.4) is 0 Å². The van der Waals surface area contributed by atoms with Crippen LogP contribution in [0.4, 0.5) is 0 Å². The molecule has 2 atom stereocenters. The number of benzene rings is 1. The molecule has 0 nitrogen and oxygen atoms in total. The Morgan fingerprint density at radius 2 is 1.77 bits per heavy atom. The average Bonchev–Trinajstić information content (AvgIpc) is 3.22. The largest absolute Gasteiger partial charge is 0.0927 e. The first-order valence-corrected chi connectivity index (χ1v) is 13.3. The maximum Gasteiger partial charge on any atom is 0.0927 e. The SMILES string of the molecule is CC1=CC2C(=C1[Si](C)(C)C1C=Cc3ccccc31)C=CC1=C2CCCC1. The van der Waals surface area contributed by atoms with E-state index in [1.54, 1.807) is 33.1 Å². The van der Waals surface area contributed by atoms with Crippen LogP contribution in [-0.4, -0.2) is 8.07 Å². The number of fused-ring (bicyclic) bond motifs is 3. The molecule has 4 aliphatic carbocycles. The number of allylic oxidation sites excluding steroid dienone is 9. The van der Waals surface area contributed by atoms with E-state index in [-0.39, 0.29) is 0 Å². The fourth-order valence-corrected chi connectivity index (χ4v) is 9.90. The first-order valence-electron chi connectivity index (χ1n) is 10.2. The van der Waals surface area contributed by atoms with E-state index in [2.05, 4.69) is 74.7 Å². The summed E-state index contributed by atoms with van der Waals surface area (Å²) in [5.74, 6) is 0.581. The van der Waals surface area contributed by atoms with Crippen molar-refractivity contribution in [1.29, 1.82) is 0 Å². The Labute approximate surface area is 158 Å². The molecule has 0 amide bonds. The van der Waals surface area contributed by atoms with Crippen molar-refractivity contribution >= 4 is 14.1 Å². The Kier molecular flexibility index (Phi) is 3.65. The molecule has 0 spiro atoms. The highest BCUT2D eigenvalue weighted by molar-refractivity contribution is 6.87. The number of hydrogen-bond acceptors (Lipinski definition) is 0. The molecule has 0 aliphatic heterocycles. The maximum atomic E-state index is 2.59. The first-order chi connectivity index (χ1) is 12.6. The van der Waals surface area contributed by atoms with Gasteiger partial charge >= 0.3 is 0 Å². The summed E-state index contributed by atoms with van der Waals surface area (Å²) in [6.07, 6.45) is 17.7. The summed E-state index contributed by atoms with van der Waals surface area (Å²) in [4.78, 5) is 0. The third-order valence-corrected chi connectivity index (χ3v) is 11.1. The topological polar surface area (TPSA) is 0 Å². The molecule has 0 aromatic heterocycles. The molecule has 2 unspecified atom stereocenters. The molecule has 0 saturated heterocycles. The van der Waals surface area contributed by atoms with Crippen LogP contribution in [0.15, 0.2) is 76.1 Å². The van der Waals surface area contributed by atoms with Gasteiger partial charge in [-0.1, -0.05) is 84.1 Å². The molecule has 0 N–H and O–H groups in total. The quantitative estimate of drug-likeness (QED) is 0.506. The van der Waals surface area contributed by atoms with Crippen molar-refractivity contribution in [3.63, 3.8) is 0 Å². The van der Waals surface area contributed by atoms with Crippen molar-refractivity contribution < 1.29 is 0 Å². The normalized spacial score (nSPS) is 26.8. The van der Waals surface area contributed by atoms with Crippen LogP contribution in [0.1, 0.15) is 49.3 Å². The van der Waals surface area contributed by atoms with E-state index in [4.69, 9.17) is 0 Å². The lowest BCUT2D eigenvalue weighted by Crippen LogP contribution is -2.37. The van der Waals surface area contributed by atoms with E-state index < -0.39 is 8.07 Å². The molecule has 5 rings (SSSR count). The van der Waals surface area contributed by atoms with E-state index in [0.717, 1.165) is 0 Å². The second-order valence-corrected chi connectivity index (χ2v) is 13.5.